The van der Waals surface area contributed by atoms with Gasteiger partial charge in [0.25, 0.3) is 0 Å². The van der Waals surface area contributed by atoms with Crippen LogP contribution in [0.3, 0.4) is 0 Å². The van der Waals surface area contributed by atoms with Crippen molar-refractivity contribution in [2.45, 2.75) is 83.8 Å². The first-order valence-electron chi connectivity index (χ1n) is 12.3. The summed E-state index contributed by atoms with van der Waals surface area (Å²) in [5, 5.41) is 3.24. The zero-order valence-electron chi connectivity index (χ0n) is 20.3. The molecule has 1 N–H and O–H groups in total. The molecule has 1 saturated carbocycles. The minimum atomic E-state index is -0.473. The second-order valence-electron chi connectivity index (χ2n) is 9.12. The summed E-state index contributed by atoms with van der Waals surface area (Å²) in [5.74, 6) is 0.761. The molecule has 1 aliphatic rings. The normalized spacial score (nSPS) is 15.0. The number of benzene rings is 2. The molecule has 1 fully saturated rings. The minimum Gasteiger partial charge on any atom is -0.497 e. The third-order valence-electron chi connectivity index (χ3n) is 6.60. The molecule has 5 heteroatoms. The molecule has 0 heterocycles. The molecule has 33 heavy (non-hydrogen) atoms. The van der Waals surface area contributed by atoms with Crippen LogP contribution in [0, 0.1) is 6.92 Å². The van der Waals surface area contributed by atoms with E-state index in [1.54, 1.807) is 12.0 Å². The lowest BCUT2D eigenvalue weighted by atomic mass is 9.95. The first-order chi connectivity index (χ1) is 16.0. The highest BCUT2D eigenvalue weighted by Gasteiger charge is 2.30. The van der Waals surface area contributed by atoms with Crippen molar-refractivity contribution >= 4 is 11.8 Å². The summed E-state index contributed by atoms with van der Waals surface area (Å²) in [6.07, 6.45) is 7.25. The Morgan fingerprint density at radius 2 is 1.64 bits per heavy atom. The van der Waals surface area contributed by atoms with Crippen LogP contribution in [0.1, 0.15) is 68.6 Å². The fourth-order valence-electron chi connectivity index (χ4n) is 4.54. The summed E-state index contributed by atoms with van der Waals surface area (Å²) in [6, 6.07) is 15.8. The van der Waals surface area contributed by atoms with Gasteiger partial charge in [-0.15, -0.1) is 0 Å². The molecule has 3 rings (SSSR count). The van der Waals surface area contributed by atoms with Crippen molar-refractivity contribution in [1.29, 1.82) is 0 Å². The summed E-state index contributed by atoms with van der Waals surface area (Å²) in [4.78, 5) is 28.5. The van der Waals surface area contributed by atoms with E-state index < -0.39 is 6.04 Å². The predicted octanol–water partition coefficient (Wildman–Crippen LogP) is 5.19. The molecule has 0 aromatic heterocycles. The summed E-state index contributed by atoms with van der Waals surface area (Å²) in [6.45, 7) is 4.45. The number of nitrogens with zero attached hydrogens (tertiary/aromatic N) is 1. The Kier molecular flexibility index (Phi) is 9.35. The van der Waals surface area contributed by atoms with Gasteiger partial charge < -0.3 is 15.0 Å². The summed E-state index contributed by atoms with van der Waals surface area (Å²) < 4.78 is 5.26. The molecule has 178 valence electrons. The number of ether oxygens (including phenoxy) is 1. The van der Waals surface area contributed by atoms with Gasteiger partial charge in [0.1, 0.15) is 11.8 Å². The number of nitrogens with one attached hydrogen (secondary N) is 1. The van der Waals surface area contributed by atoms with Crippen molar-refractivity contribution in [2.24, 2.45) is 0 Å². The van der Waals surface area contributed by atoms with Gasteiger partial charge in [-0.1, -0.05) is 68.1 Å². The summed E-state index contributed by atoms with van der Waals surface area (Å²) in [5.41, 5.74) is 3.33. The van der Waals surface area contributed by atoms with Crippen molar-refractivity contribution in [1.82, 2.24) is 10.2 Å². The van der Waals surface area contributed by atoms with E-state index in [1.165, 1.54) is 12.0 Å². The Morgan fingerprint density at radius 3 is 2.24 bits per heavy atom. The van der Waals surface area contributed by atoms with E-state index >= 15 is 0 Å². The second-order valence-corrected chi connectivity index (χ2v) is 9.12. The van der Waals surface area contributed by atoms with Gasteiger partial charge in [-0.05, 0) is 55.9 Å². The van der Waals surface area contributed by atoms with Crippen LogP contribution >= 0.6 is 0 Å². The maximum Gasteiger partial charge on any atom is 0.243 e. The van der Waals surface area contributed by atoms with Crippen LogP contribution in [0.15, 0.2) is 48.5 Å². The number of methoxy groups -OCH3 is 1. The first kappa shape index (κ1) is 24.8. The van der Waals surface area contributed by atoms with E-state index in [9.17, 15) is 9.59 Å². The standard InChI is InChI=1S/C28H38N2O3/c1-4-26(28(32)29-24-8-6-5-7-9-24)30(20-23-14-17-25(33-3)18-15-23)27(31)19-16-22-12-10-21(2)11-13-22/h10-15,17-18,24,26H,4-9,16,19-20H2,1-3H3,(H,29,32)/t26-/m1/s1. The number of carbonyl (C=O) groups excluding carboxylic acids is 2. The molecule has 2 aromatic rings. The zero-order valence-corrected chi connectivity index (χ0v) is 20.3. The van der Waals surface area contributed by atoms with Crippen LogP contribution in [0.2, 0.25) is 0 Å². The lowest BCUT2D eigenvalue weighted by molar-refractivity contribution is -0.141. The predicted molar refractivity (Wildman–Crippen MR) is 132 cm³/mol. The summed E-state index contributed by atoms with van der Waals surface area (Å²) >= 11 is 0. The van der Waals surface area contributed by atoms with E-state index in [2.05, 4.69) is 36.5 Å². The van der Waals surface area contributed by atoms with Crippen molar-refractivity contribution in [3.63, 3.8) is 0 Å². The van der Waals surface area contributed by atoms with Crippen LogP contribution in [0.5, 0.6) is 5.75 Å². The van der Waals surface area contributed by atoms with Gasteiger partial charge in [0, 0.05) is 19.0 Å². The zero-order chi connectivity index (χ0) is 23.6. The second kappa shape index (κ2) is 12.4. The van der Waals surface area contributed by atoms with Gasteiger partial charge in [-0.25, -0.2) is 0 Å². The number of carbonyl (C=O) groups is 2. The van der Waals surface area contributed by atoms with E-state index in [1.807, 2.05) is 31.2 Å². The van der Waals surface area contributed by atoms with Gasteiger partial charge >= 0.3 is 0 Å². The van der Waals surface area contributed by atoms with E-state index in [4.69, 9.17) is 4.74 Å². The molecule has 1 aliphatic carbocycles. The van der Waals surface area contributed by atoms with Gasteiger partial charge in [0.15, 0.2) is 0 Å². The van der Waals surface area contributed by atoms with E-state index in [0.717, 1.165) is 42.6 Å². The molecule has 0 radical (unpaired) electrons. The number of aryl methyl sites for hydroxylation is 2. The topological polar surface area (TPSA) is 58.6 Å². The van der Waals surface area contributed by atoms with Gasteiger partial charge in [-0.2, -0.15) is 0 Å². The third kappa shape index (κ3) is 7.34. The highest BCUT2D eigenvalue weighted by molar-refractivity contribution is 5.88. The van der Waals surface area contributed by atoms with Crippen molar-refractivity contribution in [3.8, 4) is 5.75 Å². The largest absolute Gasteiger partial charge is 0.497 e. The molecule has 1 atom stereocenters. The van der Waals surface area contributed by atoms with Crippen LogP contribution in [0.25, 0.3) is 0 Å². The number of hydrogen-bond acceptors (Lipinski definition) is 3. The average Bonchev–Trinajstić information content (AvgIpc) is 2.84. The van der Waals surface area contributed by atoms with Crippen LogP contribution in [-0.2, 0) is 22.6 Å². The van der Waals surface area contributed by atoms with Crippen molar-refractivity contribution in [2.75, 3.05) is 7.11 Å². The molecule has 2 aromatic carbocycles. The highest BCUT2D eigenvalue weighted by Crippen LogP contribution is 2.20. The van der Waals surface area contributed by atoms with Crippen LogP contribution in [-0.4, -0.2) is 35.9 Å². The Morgan fingerprint density at radius 1 is 1.00 bits per heavy atom. The van der Waals surface area contributed by atoms with E-state index in [-0.39, 0.29) is 17.9 Å². The fraction of sp³-hybridized carbons (Fsp3) is 0.500. The smallest absolute Gasteiger partial charge is 0.243 e. The highest BCUT2D eigenvalue weighted by atomic mass is 16.5. The maximum atomic E-state index is 13.4. The Bertz CT molecular complexity index is 886. The lowest BCUT2D eigenvalue weighted by Gasteiger charge is -2.33. The maximum absolute atomic E-state index is 13.4. The first-order valence-corrected chi connectivity index (χ1v) is 12.3. The van der Waals surface area contributed by atoms with Crippen molar-refractivity contribution < 1.29 is 14.3 Å². The van der Waals surface area contributed by atoms with Gasteiger partial charge in [0.2, 0.25) is 11.8 Å². The fourth-order valence-corrected chi connectivity index (χ4v) is 4.54. The SMILES string of the molecule is CC[C@H](C(=O)NC1CCCCC1)N(Cc1ccc(OC)cc1)C(=O)CCc1ccc(C)cc1. The Hall–Kier alpha value is -2.82. The van der Waals surface area contributed by atoms with Gasteiger partial charge in [0.05, 0.1) is 7.11 Å². The number of amides is 2. The van der Waals surface area contributed by atoms with Gasteiger partial charge in [-0.3, -0.25) is 9.59 Å². The lowest BCUT2D eigenvalue weighted by Crippen LogP contribution is -2.51. The molecule has 0 saturated heterocycles. The van der Waals surface area contributed by atoms with Crippen molar-refractivity contribution in [3.05, 3.63) is 65.2 Å². The molecule has 2 amide bonds. The minimum absolute atomic E-state index is 0.0111. The molecule has 0 unspecified atom stereocenters. The van der Waals surface area contributed by atoms with Crippen LogP contribution in [0.4, 0.5) is 0 Å². The quantitative estimate of drug-likeness (QED) is 0.542. The summed E-state index contributed by atoms with van der Waals surface area (Å²) in [7, 11) is 1.64. The van der Waals surface area contributed by atoms with Crippen LogP contribution < -0.4 is 10.1 Å². The molecule has 0 bridgehead atoms. The third-order valence-corrected chi connectivity index (χ3v) is 6.60. The molecular formula is C28H38N2O3. The number of rotatable bonds is 10. The molecule has 0 spiro atoms. The molecule has 0 aliphatic heterocycles. The Labute approximate surface area is 198 Å². The molecular weight excluding hydrogens is 412 g/mol. The number of hydrogen-bond donors (Lipinski definition) is 1. The molecule has 5 nitrogen and oxygen atoms in total. The monoisotopic (exact) mass is 450 g/mol. The average molecular weight is 451 g/mol. The Balaban J connectivity index is 1.74. The van der Waals surface area contributed by atoms with E-state index in [0.29, 0.717) is 25.8 Å².